The lowest BCUT2D eigenvalue weighted by atomic mass is 9.49. The molecule has 4 atom stereocenters. The van der Waals surface area contributed by atoms with Crippen LogP contribution in [0.3, 0.4) is 0 Å². The molecule has 5 rings (SSSR count). The zero-order chi connectivity index (χ0) is 20.6. The Balaban J connectivity index is 1.32. The van der Waals surface area contributed by atoms with E-state index in [1.54, 1.807) is 0 Å². The third-order valence-electron chi connectivity index (χ3n) is 7.43. The average Bonchev–Trinajstić information content (AvgIpc) is 2.72. The Bertz CT molecular complexity index is 787. The predicted molar refractivity (Wildman–Crippen MR) is 111 cm³/mol. The summed E-state index contributed by atoms with van der Waals surface area (Å²) in [6, 6.07) is 7.79. The minimum atomic E-state index is -0.640. The Kier molecular flexibility index (Phi) is 5.83. The van der Waals surface area contributed by atoms with Gasteiger partial charge in [-0.15, -0.1) is 0 Å². The maximum atomic E-state index is 12.3. The first-order valence-electron chi connectivity index (χ1n) is 10.7. The van der Waals surface area contributed by atoms with E-state index in [-0.39, 0.29) is 18.6 Å². The van der Waals surface area contributed by atoms with E-state index in [2.05, 4.69) is 32.1 Å². The zero-order valence-corrected chi connectivity index (χ0v) is 17.8. The van der Waals surface area contributed by atoms with Crippen molar-refractivity contribution in [3.05, 3.63) is 47.0 Å². The average molecular weight is 400 g/mol. The molecule has 1 fully saturated rings. The number of ether oxygens (including phenoxy) is 2. The van der Waals surface area contributed by atoms with Crippen LogP contribution in [-0.4, -0.2) is 55.0 Å². The molecule has 5 heteroatoms. The Hall–Kier alpha value is -1.69. The van der Waals surface area contributed by atoms with E-state index >= 15 is 0 Å². The molecule has 5 nitrogen and oxygen atoms in total. The Morgan fingerprint density at radius 3 is 2.76 bits per heavy atom. The number of β-amino-alcohol motifs (C(OH)–C–C–N with tert-alkyl or cyclic N) is 1. The first kappa shape index (κ1) is 20.6. The van der Waals surface area contributed by atoms with Gasteiger partial charge in [-0.25, -0.2) is 0 Å². The third kappa shape index (κ3) is 4.00. The summed E-state index contributed by atoms with van der Waals surface area (Å²) >= 11 is 0. The van der Waals surface area contributed by atoms with E-state index in [0.29, 0.717) is 37.5 Å². The van der Waals surface area contributed by atoms with Gasteiger partial charge >= 0.3 is 5.97 Å². The van der Waals surface area contributed by atoms with Crippen LogP contribution in [0.2, 0.25) is 0 Å². The Morgan fingerprint density at radius 1 is 1.31 bits per heavy atom. The summed E-state index contributed by atoms with van der Waals surface area (Å²) in [7, 11) is 1.42. The molecule has 4 unspecified atom stereocenters. The maximum Gasteiger partial charge on any atom is 0.323 e. The summed E-state index contributed by atoms with van der Waals surface area (Å²) in [5.41, 5.74) is 4.16. The van der Waals surface area contributed by atoms with Crippen molar-refractivity contribution in [2.75, 3.05) is 26.9 Å². The number of hydrogen-bond donors (Lipinski definition) is 1. The predicted octanol–water partition coefficient (Wildman–Crippen LogP) is 2.96. The van der Waals surface area contributed by atoms with Gasteiger partial charge in [0, 0.05) is 13.1 Å². The van der Waals surface area contributed by atoms with E-state index in [4.69, 9.17) is 9.47 Å². The first-order valence-corrected chi connectivity index (χ1v) is 10.7. The van der Waals surface area contributed by atoms with Crippen LogP contribution in [0.4, 0.5) is 0 Å². The van der Waals surface area contributed by atoms with E-state index < -0.39 is 6.10 Å². The molecule has 29 heavy (non-hydrogen) atoms. The van der Waals surface area contributed by atoms with Crippen molar-refractivity contribution in [1.82, 2.24) is 4.90 Å². The highest BCUT2D eigenvalue weighted by Gasteiger charge is 2.51. The van der Waals surface area contributed by atoms with Gasteiger partial charge in [0.25, 0.3) is 0 Å². The molecule has 1 saturated carbocycles. The van der Waals surface area contributed by atoms with Gasteiger partial charge in [0.2, 0.25) is 0 Å². The molecule has 0 saturated heterocycles. The molecule has 2 bridgehead atoms. The number of hydrogen-bond acceptors (Lipinski definition) is 5. The van der Waals surface area contributed by atoms with Crippen LogP contribution in [0.5, 0.6) is 0 Å². The van der Waals surface area contributed by atoms with Gasteiger partial charge in [0.1, 0.15) is 6.04 Å². The van der Waals surface area contributed by atoms with E-state index in [1.165, 1.54) is 30.2 Å². The van der Waals surface area contributed by atoms with Gasteiger partial charge in [-0.1, -0.05) is 44.2 Å². The topological polar surface area (TPSA) is 59.0 Å². The standard InChI is InChI=1S/C24H33NO4/c1-24(2)19-9-8-18(21(24)11-19)14-29-15-20(26)13-25-12-17-7-5-4-6-16(17)10-22(25)23(27)28-3/h4-8,19-22,26H,9-15H2,1-3H3. The molecule has 1 heterocycles. The normalized spacial score (nSPS) is 28.7. The number of allylic oxidation sites excluding steroid dienone is 1. The largest absolute Gasteiger partial charge is 0.468 e. The summed E-state index contributed by atoms with van der Waals surface area (Å²) in [6.07, 6.45) is 4.74. The minimum Gasteiger partial charge on any atom is -0.468 e. The SMILES string of the molecule is COC(=O)C1Cc2ccccc2CN1CC(O)COCC1=CCC2CC1C2(C)C. The summed E-state index contributed by atoms with van der Waals surface area (Å²) in [5, 5.41) is 10.6. The number of aliphatic hydroxyl groups is 1. The van der Waals surface area contributed by atoms with Gasteiger partial charge in [0.05, 0.1) is 26.4 Å². The number of carbonyl (C=O) groups is 1. The van der Waals surface area contributed by atoms with Crippen molar-refractivity contribution in [3.63, 3.8) is 0 Å². The van der Waals surface area contributed by atoms with Gasteiger partial charge in [0.15, 0.2) is 0 Å². The van der Waals surface area contributed by atoms with Crippen molar-refractivity contribution in [1.29, 1.82) is 0 Å². The fraction of sp³-hybridized carbons (Fsp3) is 0.625. The number of methoxy groups -OCH3 is 1. The molecular formula is C24H33NO4. The van der Waals surface area contributed by atoms with Crippen LogP contribution in [0.15, 0.2) is 35.9 Å². The quantitative estimate of drug-likeness (QED) is 0.564. The van der Waals surface area contributed by atoms with Crippen LogP contribution in [0, 0.1) is 17.3 Å². The molecule has 4 aliphatic rings. The van der Waals surface area contributed by atoms with Crippen molar-refractivity contribution >= 4 is 5.97 Å². The van der Waals surface area contributed by atoms with Gasteiger partial charge in [-0.2, -0.15) is 0 Å². The Labute approximate surface area is 173 Å². The molecule has 0 aromatic heterocycles. The number of nitrogens with zero attached hydrogens (tertiary/aromatic N) is 1. The van der Waals surface area contributed by atoms with Gasteiger partial charge in [-0.3, -0.25) is 9.69 Å². The Morgan fingerprint density at radius 2 is 2.07 bits per heavy atom. The smallest absolute Gasteiger partial charge is 0.323 e. The number of rotatable bonds is 7. The highest BCUT2D eigenvalue weighted by atomic mass is 16.5. The van der Waals surface area contributed by atoms with Crippen LogP contribution < -0.4 is 0 Å². The van der Waals surface area contributed by atoms with E-state index in [9.17, 15) is 9.90 Å². The lowest BCUT2D eigenvalue weighted by molar-refractivity contribution is -0.148. The molecule has 1 N–H and O–H groups in total. The second kappa shape index (κ2) is 8.21. The van der Waals surface area contributed by atoms with Crippen molar-refractivity contribution in [2.24, 2.45) is 17.3 Å². The van der Waals surface area contributed by atoms with E-state index in [1.807, 2.05) is 17.0 Å². The highest BCUT2D eigenvalue weighted by Crippen LogP contribution is 2.59. The van der Waals surface area contributed by atoms with E-state index in [0.717, 1.165) is 12.3 Å². The summed E-state index contributed by atoms with van der Waals surface area (Å²) in [6.45, 7) is 6.62. The molecule has 1 aromatic carbocycles. The number of benzene rings is 1. The van der Waals surface area contributed by atoms with Crippen LogP contribution in [-0.2, 0) is 27.2 Å². The molecule has 0 spiro atoms. The van der Waals surface area contributed by atoms with Crippen molar-refractivity contribution < 1.29 is 19.4 Å². The minimum absolute atomic E-state index is 0.248. The lowest BCUT2D eigenvalue weighted by Crippen LogP contribution is -2.50. The second-order valence-corrected chi connectivity index (χ2v) is 9.43. The molecule has 1 aromatic rings. The number of aliphatic hydroxyl groups excluding tert-OH is 1. The fourth-order valence-corrected chi connectivity index (χ4v) is 5.41. The summed E-state index contributed by atoms with van der Waals surface area (Å²) < 4.78 is 10.9. The lowest BCUT2D eigenvalue weighted by Gasteiger charge is -2.56. The molecular weight excluding hydrogens is 366 g/mol. The van der Waals surface area contributed by atoms with Crippen LogP contribution in [0.1, 0.15) is 37.8 Å². The van der Waals surface area contributed by atoms with Crippen molar-refractivity contribution in [3.8, 4) is 0 Å². The zero-order valence-electron chi connectivity index (χ0n) is 17.8. The fourth-order valence-electron chi connectivity index (χ4n) is 5.41. The number of esters is 1. The van der Waals surface area contributed by atoms with Gasteiger partial charge < -0.3 is 14.6 Å². The molecule has 0 radical (unpaired) electrons. The first-order chi connectivity index (χ1) is 13.9. The number of fused-ring (bicyclic) bond motifs is 2. The van der Waals surface area contributed by atoms with Crippen LogP contribution in [0.25, 0.3) is 0 Å². The number of carbonyl (C=O) groups excluding carboxylic acids is 1. The third-order valence-corrected chi connectivity index (χ3v) is 7.43. The summed E-state index contributed by atoms with van der Waals surface area (Å²) in [4.78, 5) is 14.3. The second-order valence-electron chi connectivity index (χ2n) is 9.43. The molecule has 158 valence electrons. The van der Waals surface area contributed by atoms with Crippen LogP contribution >= 0.6 is 0 Å². The molecule has 1 aliphatic heterocycles. The maximum absolute atomic E-state index is 12.3. The van der Waals surface area contributed by atoms with Crippen molar-refractivity contribution in [2.45, 2.75) is 51.8 Å². The molecule has 0 amide bonds. The molecule has 3 aliphatic carbocycles. The highest BCUT2D eigenvalue weighted by molar-refractivity contribution is 5.76. The monoisotopic (exact) mass is 399 g/mol. The van der Waals surface area contributed by atoms with Gasteiger partial charge in [-0.05, 0) is 53.2 Å². The summed E-state index contributed by atoms with van der Waals surface area (Å²) in [5.74, 6) is 1.20.